The van der Waals surface area contributed by atoms with E-state index in [0.717, 1.165) is 44.2 Å². The molecule has 1 saturated carbocycles. The van der Waals surface area contributed by atoms with E-state index >= 15 is 0 Å². The van der Waals surface area contributed by atoms with Gasteiger partial charge < -0.3 is 14.5 Å². The van der Waals surface area contributed by atoms with Crippen LogP contribution in [-0.4, -0.2) is 67.5 Å². The Labute approximate surface area is 178 Å². The molecule has 2 atom stereocenters. The van der Waals surface area contributed by atoms with Crippen LogP contribution in [0.25, 0.3) is 0 Å². The van der Waals surface area contributed by atoms with Gasteiger partial charge in [-0.25, -0.2) is 9.97 Å². The van der Waals surface area contributed by atoms with Crippen LogP contribution in [0.1, 0.15) is 53.5 Å². The molecule has 30 heavy (non-hydrogen) atoms. The van der Waals surface area contributed by atoms with E-state index in [9.17, 15) is 0 Å². The van der Waals surface area contributed by atoms with Gasteiger partial charge in [0.05, 0.1) is 18.9 Å². The van der Waals surface area contributed by atoms with E-state index in [-0.39, 0.29) is 5.54 Å². The fourth-order valence-corrected chi connectivity index (χ4v) is 5.45. The minimum absolute atomic E-state index is 0.192. The number of likely N-dealkylation sites (tertiary alicyclic amines) is 1. The zero-order valence-electron chi connectivity index (χ0n) is 17.6. The first kappa shape index (κ1) is 18.5. The van der Waals surface area contributed by atoms with Crippen molar-refractivity contribution in [3.05, 3.63) is 53.0 Å². The Bertz CT molecular complexity index is 977. The molecule has 1 aliphatic carbocycles. The van der Waals surface area contributed by atoms with Crippen LogP contribution in [-0.2, 0) is 10.3 Å². The molecule has 1 aromatic carbocycles. The standard InChI is InChI=1S/C24H29N5O/c1-28-6-4-17(5-7-28)18-2-3-19-15-27-24(14-21(24)20(19)12-18)22-13-23(26-16-25-22)29-8-10-30-11-9-29/h2-3,12-13,15-17,21H,4-11,14H2,1H3/t21?,24-/m1/s1. The van der Waals surface area contributed by atoms with Gasteiger partial charge >= 0.3 is 0 Å². The summed E-state index contributed by atoms with van der Waals surface area (Å²) in [6.45, 7) is 5.69. The summed E-state index contributed by atoms with van der Waals surface area (Å²) >= 11 is 0. The van der Waals surface area contributed by atoms with Crippen molar-refractivity contribution in [1.82, 2.24) is 14.9 Å². The third kappa shape index (κ3) is 3.05. The number of nitrogens with zero attached hydrogens (tertiary/aromatic N) is 5. The number of ether oxygens (including phenoxy) is 1. The topological polar surface area (TPSA) is 53.9 Å². The molecule has 1 unspecified atom stereocenters. The summed E-state index contributed by atoms with van der Waals surface area (Å²) in [6, 6.07) is 9.26. The molecule has 0 N–H and O–H groups in total. The summed E-state index contributed by atoms with van der Waals surface area (Å²) in [7, 11) is 2.23. The third-order valence-electron chi connectivity index (χ3n) is 7.47. The van der Waals surface area contributed by atoms with Gasteiger partial charge in [0.25, 0.3) is 0 Å². The number of aromatic nitrogens is 2. The maximum atomic E-state index is 5.49. The number of morpholine rings is 1. The Balaban J connectivity index is 1.28. The maximum Gasteiger partial charge on any atom is 0.132 e. The van der Waals surface area contributed by atoms with E-state index in [0.29, 0.717) is 11.8 Å². The van der Waals surface area contributed by atoms with Gasteiger partial charge in [-0.2, -0.15) is 0 Å². The molecule has 156 valence electrons. The first-order valence-corrected chi connectivity index (χ1v) is 11.3. The van der Waals surface area contributed by atoms with Crippen molar-refractivity contribution < 1.29 is 4.74 Å². The largest absolute Gasteiger partial charge is 0.378 e. The predicted molar refractivity (Wildman–Crippen MR) is 118 cm³/mol. The summed E-state index contributed by atoms with van der Waals surface area (Å²) < 4.78 is 5.49. The lowest BCUT2D eigenvalue weighted by molar-refractivity contribution is 0.122. The molecule has 2 aromatic rings. The van der Waals surface area contributed by atoms with E-state index in [1.165, 1.54) is 42.6 Å². The first-order chi connectivity index (χ1) is 14.7. The molecule has 6 heteroatoms. The van der Waals surface area contributed by atoms with Gasteiger partial charge in [0.2, 0.25) is 0 Å². The highest BCUT2D eigenvalue weighted by atomic mass is 16.5. The first-order valence-electron chi connectivity index (χ1n) is 11.3. The molecule has 0 amide bonds. The highest BCUT2D eigenvalue weighted by Crippen LogP contribution is 2.63. The number of hydrogen-bond acceptors (Lipinski definition) is 6. The molecule has 4 aliphatic rings. The third-order valence-corrected chi connectivity index (χ3v) is 7.47. The minimum atomic E-state index is -0.192. The second kappa shape index (κ2) is 7.13. The predicted octanol–water partition coefficient (Wildman–Crippen LogP) is 2.94. The fraction of sp³-hybridized carbons (Fsp3) is 0.542. The van der Waals surface area contributed by atoms with E-state index in [1.807, 2.05) is 0 Å². The van der Waals surface area contributed by atoms with Crippen molar-refractivity contribution in [3.8, 4) is 0 Å². The lowest BCUT2D eigenvalue weighted by atomic mass is 9.86. The van der Waals surface area contributed by atoms with E-state index in [4.69, 9.17) is 9.73 Å². The van der Waals surface area contributed by atoms with Gasteiger partial charge in [-0.1, -0.05) is 18.2 Å². The van der Waals surface area contributed by atoms with Crippen molar-refractivity contribution in [2.75, 3.05) is 51.3 Å². The highest BCUT2D eigenvalue weighted by Gasteiger charge is 2.59. The van der Waals surface area contributed by atoms with Gasteiger partial charge in [-0.3, -0.25) is 4.99 Å². The van der Waals surface area contributed by atoms with Crippen molar-refractivity contribution in [2.45, 2.75) is 36.6 Å². The molecule has 6 rings (SSSR count). The maximum absolute atomic E-state index is 5.49. The number of benzene rings is 1. The molecule has 3 aliphatic heterocycles. The molecule has 4 heterocycles. The molecule has 3 fully saturated rings. The fourth-order valence-electron chi connectivity index (χ4n) is 5.45. The van der Waals surface area contributed by atoms with Crippen LogP contribution in [0.3, 0.4) is 0 Å². The van der Waals surface area contributed by atoms with Crippen LogP contribution in [0.5, 0.6) is 0 Å². The number of aliphatic imine (C=N–C) groups is 1. The van der Waals surface area contributed by atoms with Gasteiger partial charge in [0.15, 0.2) is 0 Å². The summed E-state index contributed by atoms with van der Waals surface area (Å²) in [4.78, 5) is 19.0. The van der Waals surface area contributed by atoms with Crippen LogP contribution in [0, 0.1) is 0 Å². The van der Waals surface area contributed by atoms with Crippen LogP contribution < -0.4 is 4.90 Å². The normalized spacial score (nSPS) is 28.8. The van der Waals surface area contributed by atoms with Crippen molar-refractivity contribution >= 4 is 12.0 Å². The zero-order chi connectivity index (χ0) is 20.1. The summed E-state index contributed by atoms with van der Waals surface area (Å²) in [6.07, 6.45) is 7.35. The average Bonchev–Trinajstić information content (AvgIpc) is 3.57. The lowest BCUT2D eigenvalue weighted by Gasteiger charge is -2.30. The number of rotatable bonds is 3. The number of anilines is 1. The van der Waals surface area contributed by atoms with Gasteiger partial charge in [0, 0.05) is 31.3 Å². The van der Waals surface area contributed by atoms with Gasteiger partial charge in [0.1, 0.15) is 17.7 Å². The Morgan fingerprint density at radius 1 is 1.03 bits per heavy atom. The van der Waals surface area contributed by atoms with Crippen LogP contribution in [0.15, 0.2) is 35.6 Å². The highest BCUT2D eigenvalue weighted by molar-refractivity contribution is 5.86. The Morgan fingerprint density at radius 3 is 2.70 bits per heavy atom. The van der Waals surface area contributed by atoms with Crippen LogP contribution in [0.2, 0.25) is 0 Å². The minimum Gasteiger partial charge on any atom is -0.378 e. The Hall–Kier alpha value is -2.31. The number of piperidine rings is 1. The van der Waals surface area contributed by atoms with Crippen LogP contribution in [0.4, 0.5) is 5.82 Å². The monoisotopic (exact) mass is 403 g/mol. The molecule has 1 aromatic heterocycles. The van der Waals surface area contributed by atoms with E-state index in [2.05, 4.69) is 57.3 Å². The molecule has 0 radical (unpaired) electrons. The quantitative estimate of drug-likeness (QED) is 0.789. The molecule has 0 spiro atoms. The average molecular weight is 404 g/mol. The summed E-state index contributed by atoms with van der Waals surface area (Å²) in [5.74, 6) is 2.13. The number of fused-ring (bicyclic) bond motifs is 3. The van der Waals surface area contributed by atoms with Gasteiger partial charge in [-0.05, 0) is 62.0 Å². The van der Waals surface area contributed by atoms with Gasteiger partial charge in [-0.15, -0.1) is 0 Å². The SMILES string of the molecule is CN1CCC(c2ccc3c(c2)C2C[C@@]2(c2cc(N4CCOCC4)ncn2)N=C3)CC1. The van der Waals surface area contributed by atoms with Crippen molar-refractivity contribution in [2.24, 2.45) is 4.99 Å². The van der Waals surface area contributed by atoms with Crippen LogP contribution >= 0.6 is 0 Å². The smallest absolute Gasteiger partial charge is 0.132 e. The second-order valence-electron chi connectivity index (χ2n) is 9.27. The zero-order valence-corrected chi connectivity index (χ0v) is 17.6. The van der Waals surface area contributed by atoms with E-state index < -0.39 is 0 Å². The lowest BCUT2D eigenvalue weighted by Crippen LogP contribution is -2.37. The molecule has 0 bridgehead atoms. The molecular formula is C24H29N5O. The summed E-state index contributed by atoms with van der Waals surface area (Å²) in [5, 5.41) is 0. The van der Waals surface area contributed by atoms with E-state index in [1.54, 1.807) is 6.33 Å². The molecule has 6 nitrogen and oxygen atoms in total. The molecular weight excluding hydrogens is 374 g/mol. The summed E-state index contributed by atoms with van der Waals surface area (Å²) in [5.41, 5.74) is 5.13. The van der Waals surface area contributed by atoms with Crippen molar-refractivity contribution in [1.29, 1.82) is 0 Å². The second-order valence-corrected chi connectivity index (χ2v) is 9.27. The number of hydrogen-bond donors (Lipinski definition) is 0. The van der Waals surface area contributed by atoms with Crippen molar-refractivity contribution in [3.63, 3.8) is 0 Å². The Kier molecular flexibility index (Phi) is 4.39. The molecule has 2 saturated heterocycles. The Morgan fingerprint density at radius 2 is 1.87 bits per heavy atom.